The molecule has 1 aliphatic rings. The molecule has 0 atom stereocenters. The van der Waals surface area contributed by atoms with Crippen LogP contribution in [0.15, 0.2) is 24.3 Å². The fourth-order valence-corrected chi connectivity index (χ4v) is 4.71. The molecule has 3 aromatic rings. The average Bonchev–Trinajstić information content (AvgIpc) is 3.11. The highest BCUT2D eigenvalue weighted by Crippen LogP contribution is 2.35. The third kappa shape index (κ3) is 4.06. The minimum atomic E-state index is -0.293. The van der Waals surface area contributed by atoms with Gasteiger partial charge in [0.05, 0.1) is 23.1 Å². The van der Waals surface area contributed by atoms with Gasteiger partial charge in [-0.3, -0.25) is 19.3 Å². The topological polar surface area (TPSA) is 111 Å². The molecule has 0 saturated carbocycles. The summed E-state index contributed by atoms with van der Waals surface area (Å²) in [6.45, 7) is 2.06. The molecule has 2 aromatic heterocycles. The van der Waals surface area contributed by atoms with E-state index in [9.17, 15) is 14.4 Å². The molecule has 3 amide bonds. The van der Waals surface area contributed by atoms with Gasteiger partial charge in [-0.25, -0.2) is 4.98 Å². The van der Waals surface area contributed by atoms with Crippen molar-refractivity contribution in [2.75, 3.05) is 24.4 Å². The van der Waals surface area contributed by atoms with Crippen molar-refractivity contribution >= 4 is 50.6 Å². The largest absolute Gasteiger partial charge is 0.480 e. The minimum absolute atomic E-state index is 0.207. The second-order valence-corrected chi connectivity index (χ2v) is 8.29. The number of amides is 3. The van der Waals surface area contributed by atoms with E-state index in [-0.39, 0.29) is 24.3 Å². The Morgan fingerprint density at radius 1 is 1.12 bits per heavy atom. The second-order valence-electron chi connectivity index (χ2n) is 7.30. The maximum atomic E-state index is 13.0. The van der Waals surface area contributed by atoms with E-state index in [1.165, 1.54) is 23.3 Å². The molecule has 1 N–H and O–H groups in total. The van der Waals surface area contributed by atoms with Gasteiger partial charge in [0.2, 0.25) is 17.7 Å². The van der Waals surface area contributed by atoms with Crippen molar-refractivity contribution in [1.29, 1.82) is 0 Å². The third-order valence-corrected chi connectivity index (χ3v) is 6.32. The van der Waals surface area contributed by atoms with Crippen LogP contribution in [0, 0.1) is 6.92 Å². The quantitative estimate of drug-likeness (QED) is 0.568. The van der Waals surface area contributed by atoms with Crippen molar-refractivity contribution in [2.45, 2.75) is 32.8 Å². The van der Waals surface area contributed by atoms with Crippen LogP contribution in [-0.2, 0) is 20.9 Å². The van der Waals surface area contributed by atoms with E-state index < -0.39 is 0 Å². The van der Waals surface area contributed by atoms with Gasteiger partial charge in [0.15, 0.2) is 5.82 Å². The van der Waals surface area contributed by atoms with Gasteiger partial charge in [-0.15, -0.1) is 11.3 Å². The number of carbonyl (C=O) groups excluding carboxylic acids is 3. The van der Waals surface area contributed by atoms with E-state index in [0.29, 0.717) is 57.4 Å². The second kappa shape index (κ2) is 9.01. The number of nitrogens with zero attached hydrogens (tertiary/aromatic N) is 3. The summed E-state index contributed by atoms with van der Waals surface area (Å²) in [6, 6.07) is 6.64. The fourth-order valence-electron chi connectivity index (χ4n) is 3.63. The minimum Gasteiger partial charge on any atom is -0.480 e. The van der Waals surface area contributed by atoms with Crippen LogP contribution in [0.2, 0.25) is 0 Å². The number of imide groups is 1. The first-order chi connectivity index (χ1) is 15.4. The number of anilines is 2. The molecule has 1 fully saturated rings. The highest BCUT2D eigenvalue weighted by atomic mass is 32.1. The molecule has 32 heavy (non-hydrogen) atoms. The molecule has 3 heterocycles. The SMILES string of the molecule is COCc1nc(OC)c2c(C)c(C(=O)Nc3ccc(N4C(=O)CCCC4=O)cc3)sc2n1. The first kappa shape index (κ1) is 21.8. The predicted molar refractivity (Wildman–Crippen MR) is 120 cm³/mol. The Morgan fingerprint density at radius 3 is 2.44 bits per heavy atom. The van der Waals surface area contributed by atoms with Gasteiger partial charge in [-0.2, -0.15) is 4.98 Å². The number of ether oxygens (including phenoxy) is 2. The first-order valence-electron chi connectivity index (χ1n) is 10.0. The number of aromatic nitrogens is 2. The zero-order chi connectivity index (χ0) is 22.8. The lowest BCUT2D eigenvalue weighted by Gasteiger charge is -2.24. The highest BCUT2D eigenvalue weighted by molar-refractivity contribution is 7.20. The number of methoxy groups -OCH3 is 2. The molecular weight excluding hydrogens is 432 g/mol. The van der Waals surface area contributed by atoms with Crippen LogP contribution in [0.25, 0.3) is 10.2 Å². The maximum Gasteiger partial charge on any atom is 0.266 e. The van der Waals surface area contributed by atoms with Gasteiger partial charge in [-0.05, 0) is 43.2 Å². The van der Waals surface area contributed by atoms with Crippen molar-refractivity contribution in [3.63, 3.8) is 0 Å². The Bertz CT molecular complexity index is 1190. The first-order valence-corrected chi connectivity index (χ1v) is 10.8. The summed E-state index contributed by atoms with van der Waals surface area (Å²) in [6.07, 6.45) is 1.29. The van der Waals surface area contributed by atoms with Gasteiger partial charge in [0.25, 0.3) is 5.91 Å². The Kier molecular flexibility index (Phi) is 6.15. The molecular formula is C22H22N4O5S. The lowest BCUT2D eigenvalue weighted by molar-refractivity contribution is -0.129. The van der Waals surface area contributed by atoms with Gasteiger partial charge < -0.3 is 14.8 Å². The molecule has 1 saturated heterocycles. The van der Waals surface area contributed by atoms with E-state index in [1.807, 2.05) is 6.92 Å². The van der Waals surface area contributed by atoms with Crippen LogP contribution in [0.3, 0.4) is 0 Å². The van der Waals surface area contributed by atoms with Crippen LogP contribution in [0.5, 0.6) is 5.88 Å². The van der Waals surface area contributed by atoms with Gasteiger partial charge in [-0.1, -0.05) is 0 Å². The molecule has 0 unspecified atom stereocenters. The van der Waals surface area contributed by atoms with Crippen molar-refractivity contribution in [1.82, 2.24) is 9.97 Å². The van der Waals surface area contributed by atoms with Gasteiger partial charge >= 0.3 is 0 Å². The van der Waals surface area contributed by atoms with E-state index in [0.717, 1.165) is 5.56 Å². The normalized spacial score (nSPS) is 14.2. The number of fused-ring (bicyclic) bond motifs is 1. The number of thiophene rings is 1. The Balaban J connectivity index is 1.58. The fraction of sp³-hybridized carbons (Fsp3) is 0.318. The Morgan fingerprint density at radius 2 is 1.81 bits per heavy atom. The molecule has 0 bridgehead atoms. The molecule has 0 aliphatic carbocycles. The van der Waals surface area contributed by atoms with Crippen LogP contribution in [0.4, 0.5) is 11.4 Å². The van der Waals surface area contributed by atoms with Crippen LogP contribution in [0.1, 0.15) is 40.3 Å². The van der Waals surface area contributed by atoms with Crippen LogP contribution in [-0.4, -0.2) is 41.9 Å². The summed E-state index contributed by atoms with van der Waals surface area (Å²) in [5.41, 5.74) is 1.77. The number of piperidine rings is 1. The number of benzene rings is 1. The summed E-state index contributed by atoms with van der Waals surface area (Å²) < 4.78 is 10.5. The maximum absolute atomic E-state index is 13.0. The number of carbonyl (C=O) groups is 3. The lowest BCUT2D eigenvalue weighted by atomic mass is 10.1. The average molecular weight is 455 g/mol. The number of hydrogen-bond donors (Lipinski definition) is 1. The molecule has 166 valence electrons. The Labute approximate surface area is 188 Å². The lowest BCUT2D eigenvalue weighted by Crippen LogP contribution is -2.40. The summed E-state index contributed by atoms with van der Waals surface area (Å²) in [5.74, 6) is 0.167. The molecule has 9 nitrogen and oxygen atoms in total. The monoisotopic (exact) mass is 454 g/mol. The van der Waals surface area contributed by atoms with Crippen molar-refractivity contribution < 1.29 is 23.9 Å². The number of aryl methyl sites for hydroxylation is 1. The molecule has 1 aliphatic heterocycles. The molecule has 1 aromatic carbocycles. The smallest absolute Gasteiger partial charge is 0.266 e. The molecule has 10 heteroatoms. The number of rotatable bonds is 6. The third-order valence-electron chi connectivity index (χ3n) is 5.14. The molecule has 0 radical (unpaired) electrons. The molecule has 4 rings (SSSR count). The standard InChI is InChI=1S/C22H22N4O5S/c1-12-18-21(31-3)24-15(11-30-2)25-22(18)32-19(12)20(29)23-13-7-9-14(10-8-13)26-16(27)5-4-6-17(26)28/h7-10H,4-6,11H2,1-3H3,(H,23,29). The predicted octanol–water partition coefficient (Wildman–Crippen LogP) is 3.45. The Hall–Kier alpha value is -3.37. The van der Waals surface area contributed by atoms with Crippen molar-refractivity contribution in [3.8, 4) is 5.88 Å². The zero-order valence-corrected chi connectivity index (χ0v) is 18.7. The van der Waals surface area contributed by atoms with E-state index in [1.54, 1.807) is 31.4 Å². The van der Waals surface area contributed by atoms with Gasteiger partial charge in [0, 0.05) is 25.6 Å². The van der Waals surface area contributed by atoms with Crippen LogP contribution < -0.4 is 15.0 Å². The van der Waals surface area contributed by atoms with E-state index in [4.69, 9.17) is 9.47 Å². The van der Waals surface area contributed by atoms with Gasteiger partial charge in [0.1, 0.15) is 11.4 Å². The van der Waals surface area contributed by atoms with Crippen molar-refractivity contribution in [2.24, 2.45) is 0 Å². The summed E-state index contributed by atoms with van der Waals surface area (Å²) in [4.78, 5) is 48.3. The number of hydrogen-bond acceptors (Lipinski definition) is 8. The van der Waals surface area contributed by atoms with Crippen LogP contribution >= 0.6 is 11.3 Å². The summed E-state index contributed by atoms with van der Waals surface area (Å²) >= 11 is 1.25. The molecule has 0 spiro atoms. The highest BCUT2D eigenvalue weighted by Gasteiger charge is 2.27. The van der Waals surface area contributed by atoms with E-state index in [2.05, 4.69) is 15.3 Å². The summed E-state index contributed by atoms with van der Waals surface area (Å²) in [7, 11) is 3.08. The van der Waals surface area contributed by atoms with Crippen molar-refractivity contribution in [3.05, 3.63) is 40.5 Å². The zero-order valence-electron chi connectivity index (χ0n) is 17.9. The van der Waals surface area contributed by atoms with E-state index >= 15 is 0 Å². The summed E-state index contributed by atoms with van der Waals surface area (Å²) in [5, 5.41) is 3.55. The number of nitrogens with one attached hydrogen (secondary N) is 1.